The van der Waals surface area contributed by atoms with E-state index in [0.29, 0.717) is 26.2 Å². The zero-order valence-electron chi connectivity index (χ0n) is 14.6. The van der Waals surface area contributed by atoms with Gasteiger partial charge in [0.2, 0.25) is 10.0 Å². The van der Waals surface area contributed by atoms with Crippen molar-refractivity contribution in [2.45, 2.75) is 19.4 Å². The number of piperidine rings is 1. The molecule has 2 rings (SSSR count). The number of benzene rings is 1. The van der Waals surface area contributed by atoms with Crippen LogP contribution in [0, 0.1) is 5.92 Å². The smallest absolute Gasteiger partial charge is 0.317 e. The Balaban J connectivity index is 1.88. The molecule has 0 bridgehead atoms. The second-order valence-electron chi connectivity index (χ2n) is 6.45. The van der Waals surface area contributed by atoms with Gasteiger partial charge in [-0.1, -0.05) is 30.3 Å². The van der Waals surface area contributed by atoms with E-state index in [1.54, 1.807) is 4.90 Å². The van der Waals surface area contributed by atoms with Gasteiger partial charge in [0.25, 0.3) is 0 Å². The highest BCUT2D eigenvalue weighted by molar-refractivity contribution is 7.88. The van der Waals surface area contributed by atoms with Crippen molar-refractivity contribution in [1.29, 1.82) is 0 Å². The number of aliphatic hydroxyl groups is 1. The molecule has 0 aliphatic carbocycles. The molecule has 7 nitrogen and oxygen atoms in total. The van der Waals surface area contributed by atoms with Crippen molar-refractivity contribution < 1.29 is 18.3 Å². The van der Waals surface area contributed by atoms with Crippen LogP contribution in [0.3, 0.4) is 0 Å². The summed E-state index contributed by atoms with van der Waals surface area (Å²) >= 11 is 0. The molecular formula is C17H27N3O4S. The maximum atomic E-state index is 12.4. The molecule has 1 atom stereocenters. The molecule has 8 heteroatoms. The van der Waals surface area contributed by atoms with E-state index in [0.717, 1.165) is 18.4 Å². The molecule has 1 aromatic carbocycles. The third-order valence-electron chi connectivity index (χ3n) is 4.37. The van der Waals surface area contributed by atoms with Crippen LogP contribution >= 0.6 is 0 Å². The second kappa shape index (κ2) is 9.17. The van der Waals surface area contributed by atoms with Gasteiger partial charge in [0.05, 0.1) is 12.9 Å². The standard InChI is InChI=1S/C17H27N3O4S/c1-25(23,24)20-9-5-8-16(14-20)12-18-17(22)19(10-11-21)13-15-6-3-2-4-7-15/h2-4,6-7,16,21H,5,8-14H2,1H3,(H,18,22)/t16-/m1/s1. The first-order valence-corrected chi connectivity index (χ1v) is 10.4. The lowest BCUT2D eigenvalue weighted by Crippen LogP contribution is -2.46. The number of urea groups is 1. The Kier molecular flexibility index (Phi) is 7.22. The highest BCUT2D eigenvalue weighted by atomic mass is 32.2. The number of hydrogen-bond donors (Lipinski definition) is 2. The molecule has 25 heavy (non-hydrogen) atoms. The molecule has 1 heterocycles. The molecule has 2 amide bonds. The van der Waals surface area contributed by atoms with E-state index in [2.05, 4.69) is 5.32 Å². The van der Waals surface area contributed by atoms with Crippen LogP contribution in [0.1, 0.15) is 18.4 Å². The molecule has 1 fully saturated rings. The second-order valence-corrected chi connectivity index (χ2v) is 8.43. The minimum absolute atomic E-state index is 0.106. The van der Waals surface area contributed by atoms with Gasteiger partial charge in [-0.05, 0) is 24.3 Å². The van der Waals surface area contributed by atoms with Crippen molar-refractivity contribution in [3.63, 3.8) is 0 Å². The van der Waals surface area contributed by atoms with Crippen LogP contribution in [-0.4, -0.2) is 67.8 Å². The van der Waals surface area contributed by atoms with Crippen LogP contribution in [-0.2, 0) is 16.6 Å². The third kappa shape index (κ3) is 6.30. The van der Waals surface area contributed by atoms with E-state index in [4.69, 9.17) is 0 Å². The van der Waals surface area contributed by atoms with Crippen LogP contribution in [0.5, 0.6) is 0 Å². The molecule has 0 unspecified atom stereocenters. The van der Waals surface area contributed by atoms with Crippen molar-refractivity contribution in [1.82, 2.24) is 14.5 Å². The first-order valence-electron chi connectivity index (χ1n) is 8.53. The lowest BCUT2D eigenvalue weighted by Gasteiger charge is -2.31. The molecule has 0 radical (unpaired) electrons. The van der Waals surface area contributed by atoms with Crippen LogP contribution in [0.25, 0.3) is 0 Å². The quantitative estimate of drug-likeness (QED) is 0.746. The first-order chi connectivity index (χ1) is 11.9. The predicted octanol–water partition coefficient (Wildman–Crippen LogP) is 0.862. The Morgan fingerprint density at radius 3 is 2.72 bits per heavy atom. The summed E-state index contributed by atoms with van der Waals surface area (Å²) in [6, 6.07) is 9.36. The third-order valence-corrected chi connectivity index (χ3v) is 5.64. The predicted molar refractivity (Wildman–Crippen MR) is 96.5 cm³/mol. The highest BCUT2D eigenvalue weighted by Crippen LogP contribution is 2.18. The average molecular weight is 369 g/mol. The van der Waals surface area contributed by atoms with E-state index in [9.17, 15) is 18.3 Å². The van der Waals surface area contributed by atoms with Gasteiger partial charge < -0.3 is 15.3 Å². The van der Waals surface area contributed by atoms with Crippen LogP contribution in [0.15, 0.2) is 30.3 Å². The molecule has 1 saturated heterocycles. The van der Waals surface area contributed by atoms with E-state index in [-0.39, 0.29) is 25.1 Å². The molecule has 0 saturated carbocycles. The number of carbonyl (C=O) groups is 1. The first kappa shape index (κ1) is 19.7. The number of sulfonamides is 1. The fourth-order valence-electron chi connectivity index (χ4n) is 3.02. The number of hydrogen-bond acceptors (Lipinski definition) is 4. The van der Waals surface area contributed by atoms with Gasteiger partial charge in [-0.25, -0.2) is 17.5 Å². The maximum absolute atomic E-state index is 12.4. The molecular weight excluding hydrogens is 342 g/mol. The van der Waals surface area contributed by atoms with E-state index < -0.39 is 10.0 Å². The summed E-state index contributed by atoms with van der Waals surface area (Å²) in [4.78, 5) is 14.0. The largest absolute Gasteiger partial charge is 0.395 e. The van der Waals surface area contributed by atoms with Crippen molar-refractivity contribution in [2.75, 3.05) is 39.0 Å². The van der Waals surface area contributed by atoms with Crippen molar-refractivity contribution in [3.8, 4) is 0 Å². The molecule has 2 N–H and O–H groups in total. The SMILES string of the molecule is CS(=O)(=O)N1CCC[C@H](CNC(=O)N(CCO)Cc2ccccc2)C1. The van der Waals surface area contributed by atoms with E-state index in [1.807, 2.05) is 30.3 Å². The lowest BCUT2D eigenvalue weighted by molar-refractivity contribution is 0.170. The number of amides is 2. The Morgan fingerprint density at radius 2 is 2.08 bits per heavy atom. The van der Waals surface area contributed by atoms with Crippen molar-refractivity contribution in [3.05, 3.63) is 35.9 Å². The molecule has 0 spiro atoms. The Labute approximate surface area is 149 Å². The summed E-state index contributed by atoms with van der Waals surface area (Å²) in [5.41, 5.74) is 0.993. The Morgan fingerprint density at radius 1 is 1.36 bits per heavy atom. The van der Waals surface area contributed by atoms with Gasteiger partial charge in [0.1, 0.15) is 0 Å². The van der Waals surface area contributed by atoms with Gasteiger partial charge in [-0.15, -0.1) is 0 Å². The average Bonchev–Trinajstić information content (AvgIpc) is 2.60. The van der Waals surface area contributed by atoms with Crippen molar-refractivity contribution in [2.24, 2.45) is 5.92 Å². The zero-order valence-corrected chi connectivity index (χ0v) is 15.4. The van der Waals surface area contributed by atoms with Crippen LogP contribution in [0.2, 0.25) is 0 Å². The topological polar surface area (TPSA) is 90.0 Å². The van der Waals surface area contributed by atoms with Crippen molar-refractivity contribution >= 4 is 16.1 Å². The summed E-state index contributed by atoms with van der Waals surface area (Å²) < 4.78 is 24.8. The van der Waals surface area contributed by atoms with Gasteiger partial charge in [0.15, 0.2) is 0 Å². The van der Waals surface area contributed by atoms with Gasteiger partial charge in [0, 0.05) is 32.7 Å². The molecule has 1 aromatic rings. The highest BCUT2D eigenvalue weighted by Gasteiger charge is 2.26. The fraction of sp³-hybridized carbons (Fsp3) is 0.588. The lowest BCUT2D eigenvalue weighted by atomic mass is 10.00. The monoisotopic (exact) mass is 369 g/mol. The summed E-state index contributed by atoms with van der Waals surface area (Å²) in [5.74, 6) is 0.111. The molecule has 140 valence electrons. The normalized spacial score (nSPS) is 18.7. The van der Waals surface area contributed by atoms with Gasteiger partial charge >= 0.3 is 6.03 Å². The maximum Gasteiger partial charge on any atom is 0.317 e. The molecule has 0 aromatic heterocycles. The fourth-order valence-corrected chi connectivity index (χ4v) is 3.96. The summed E-state index contributed by atoms with van der Waals surface area (Å²) in [6.45, 7) is 1.99. The molecule has 1 aliphatic heterocycles. The number of aliphatic hydroxyl groups excluding tert-OH is 1. The summed E-state index contributed by atoms with van der Waals surface area (Å²) in [6.07, 6.45) is 2.92. The number of rotatable bonds is 7. The minimum Gasteiger partial charge on any atom is -0.395 e. The van der Waals surface area contributed by atoms with Crippen LogP contribution in [0.4, 0.5) is 4.79 Å². The van der Waals surface area contributed by atoms with Gasteiger partial charge in [-0.3, -0.25) is 0 Å². The molecule has 1 aliphatic rings. The number of nitrogens with zero attached hydrogens (tertiary/aromatic N) is 2. The number of carbonyl (C=O) groups excluding carboxylic acids is 1. The Bertz CT molecular complexity index is 651. The van der Waals surface area contributed by atoms with Gasteiger partial charge in [-0.2, -0.15) is 0 Å². The number of nitrogens with one attached hydrogen (secondary N) is 1. The minimum atomic E-state index is -3.19. The zero-order chi connectivity index (χ0) is 18.3. The van der Waals surface area contributed by atoms with Crippen LogP contribution < -0.4 is 5.32 Å². The van der Waals surface area contributed by atoms with E-state index in [1.165, 1.54) is 10.6 Å². The summed E-state index contributed by atoms with van der Waals surface area (Å²) in [5, 5.41) is 12.1. The summed E-state index contributed by atoms with van der Waals surface area (Å²) in [7, 11) is -3.19. The Hall–Kier alpha value is -1.64. The van der Waals surface area contributed by atoms with E-state index >= 15 is 0 Å².